The van der Waals surface area contributed by atoms with Gasteiger partial charge in [-0.15, -0.1) is 58.7 Å². The normalized spacial score (nSPS) is 11.6. The van der Waals surface area contributed by atoms with E-state index in [0.29, 0.717) is 34.6 Å². The molecule has 8 rings (SSSR count). The van der Waals surface area contributed by atoms with E-state index in [0.717, 1.165) is 72.4 Å². The Morgan fingerprint density at radius 3 is 1.31 bits per heavy atom. The van der Waals surface area contributed by atoms with Crippen LogP contribution in [0.15, 0.2) is 97.6 Å². The van der Waals surface area contributed by atoms with E-state index in [4.69, 9.17) is 19.4 Å². The van der Waals surface area contributed by atoms with Crippen molar-refractivity contribution >= 4 is 23.4 Å². The number of benzene rings is 4. The summed E-state index contributed by atoms with van der Waals surface area (Å²) in [5.41, 5.74) is 13.7. The minimum Gasteiger partial charge on any atom is -0.503 e. The third kappa shape index (κ3) is 9.10. The first-order valence-electron chi connectivity index (χ1n) is 19.3. The molecule has 58 heavy (non-hydrogen) atoms. The Kier molecular flexibility index (Phi) is 13.3. The molecule has 0 saturated carbocycles. The first kappa shape index (κ1) is 42.8. The SMILES string of the molecule is Cc1ccnc(-c2[c-]c(Oc3[c-]c4c(cc3)-c3ccc(Oc5[c-]c(-c6cc(C)ccn6)cc(C(C)C)c5)[c-]c3B4c3ncc(C(C)C)cn3)cc(C(C)C)c2)c1.[Pd+2].[Pd+2]. The number of nitrogens with zero attached hydrogens (tertiary/aromatic N) is 4. The van der Waals surface area contributed by atoms with Gasteiger partial charge in [0.15, 0.2) is 0 Å². The van der Waals surface area contributed by atoms with E-state index in [-0.39, 0.29) is 59.4 Å². The molecule has 0 N–H and O–H groups in total. The molecule has 0 spiro atoms. The third-order valence-corrected chi connectivity index (χ3v) is 10.3. The predicted octanol–water partition coefficient (Wildman–Crippen LogP) is 9.86. The van der Waals surface area contributed by atoms with Crippen LogP contribution in [0.5, 0.6) is 23.0 Å². The van der Waals surface area contributed by atoms with Crippen LogP contribution in [0.2, 0.25) is 0 Å². The van der Waals surface area contributed by atoms with Crippen LogP contribution in [0.1, 0.15) is 87.1 Å². The summed E-state index contributed by atoms with van der Waals surface area (Å²) in [4.78, 5) is 19.1. The third-order valence-electron chi connectivity index (χ3n) is 10.3. The second-order valence-corrected chi connectivity index (χ2v) is 15.6. The maximum Gasteiger partial charge on any atom is 2.00 e. The van der Waals surface area contributed by atoms with Crippen LogP contribution >= 0.6 is 0 Å². The molecule has 1 aliphatic rings. The molecular weight excluding hydrogens is 900 g/mol. The molecule has 1 aliphatic heterocycles. The molecule has 0 saturated heterocycles. The van der Waals surface area contributed by atoms with E-state index in [9.17, 15) is 0 Å². The standard InChI is InChI=1S/C49H43BN4O2.2Pd/c1-29(2)34-19-36(47-17-32(7)13-15-51-47)23-41(21-34)55-39-9-11-43-44-12-10-40(26-46(44)50(45(43)25-39)49-53-27-38(28-54-49)31(5)6)56-42-22-35(30(3)4)20-37(24-42)48-18-33(8)14-16-52-48;;/h9-22,27-31H,1-8H3;;/q-4;2*+2. The van der Waals surface area contributed by atoms with Gasteiger partial charge in [0.25, 0.3) is 0 Å². The zero-order valence-electron chi connectivity index (χ0n) is 33.8. The molecule has 4 aromatic carbocycles. The average molecular weight is 944 g/mol. The summed E-state index contributed by atoms with van der Waals surface area (Å²) in [6.07, 6.45) is 7.51. The molecule has 294 valence electrons. The van der Waals surface area contributed by atoms with Gasteiger partial charge in [0.2, 0.25) is 6.71 Å². The Balaban J connectivity index is 0.00000283. The topological polar surface area (TPSA) is 70.0 Å². The fraction of sp³-hybridized carbons (Fsp3) is 0.224. The van der Waals surface area contributed by atoms with E-state index in [2.05, 4.69) is 126 Å². The van der Waals surface area contributed by atoms with Gasteiger partial charge in [-0.05, 0) is 60.7 Å². The molecule has 0 radical (unpaired) electrons. The van der Waals surface area contributed by atoms with Crippen molar-refractivity contribution in [2.45, 2.75) is 73.1 Å². The molecule has 3 aromatic heterocycles. The van der Waals surface area contributed by atoms with E-state index in [1.54, 1.807) is 0 Å². The molecule has 7 aromatic rings. The number of fused-ring (bicyclic) bond motifs is 3. The summed E-state index contributed by atoms with van der Waals surface area (Å²) in [6, 6.07) is 38.8. The number of aryl methyl sites for hydroxylation is 2. The minimum atomic E-state index is -0.343. The first-order valence-corrected chi connectivity index (χ1v) is 19.3. The molecule has 0 bridgehead atoms. The maximum absolute atomic E-state index is 6.58. The van der Waals surface area contributed by atoms with E-state index >= 15 is 0 Å². The van der Waals surface area contributed by atoms with Gasteiger partial charge in [-0.2, -0.15) is 34.2 Å². The van der Waals surface area contributed by atoms with Crippen molar-refractivity contribution in [2.24, 2.45) is 0 Å². The van der Waals surface area contributed by atoms with Crippen molar-refractivity contribution in [3.05, 3.63) is 150 Å². The van der Waals surface area contributed by atoms with Crippen molar-refractivity contribution in [1.82, 2.24) is 19.9 Å². The monoisotopic (exact) mass is 942 g/mol. The average Bonchev–Trinajstić information content (AvgIpc) is 3.50. The Labute approximate surface area is 370 Å². The van der Waals surface area contributed by atoms with Crippen molar-refractivity contribution in [3.8, 4) is 56.6 Å². The zero-order chi connectivity index (χ0) is 39.1. The summed E-state index contributed by atoms with van der Waals surface area (Å²) < 4.78 is 13.2. The van der Waals surface area contributed by atoms with Crippen LogP contribution in [0.25, 0.3) is 33.6 Å². The number of hydrogen-bond donors (Lipinski definition) is 0. The predicted molar refractivity (Wildman–Crippen MR) is 225 cm³/mol. The van der Waals surface area contributed by atoms with Crippen molar-refractivity contribution < 1.29 is 50.3 Å². The van der Waals surface area contributed by atoms with Crippen LogP contribution in [-0.4, -0.2) is 26.6 Å². The van der Waals surface area contributed by atoms with Gasteiger partial charge in [-0.25, -0.2) is 0 Å². The van der Waals surface area contributed by atoms with Crippen molar-refractivity contribution in [3.63, 3.8) is 0 Å². The smallest absolute Gasteiger partial charge is 0.503 e. The number of rotatable bonds is 10. The minimum absolute atomic E-state index is 0. The van der Waals surface area contributed by atoms with Crippen LogP contribution in [0.3, 0.4) is 0 Å². The Bertz CT molecular complexity index is 2420. The summed E-state index contributed by atoms with van der Waals surface area (Å²) in [5.74, 6) is 3.25. The fourth-order valence-corrected chi connectivity index (χ4v) is 7.01. The fourth-order valence-electron chi connectivity index (χ4n) is 7.01. The van der Waals surface area contributed by atoms with Gasteiger partial charge < -0.3 is 19.4 Å². The van der Waals surface area contributed by atoms with Crippen LogP contribution < -0.4 is 26.1 Å². The second kappa shape index (κ2) is 18.0. The Morgan fingerprint density at radius 1 is 0.483 bits per heavy atom. The van der Waals surface area contributed by atoms with Gasteiger partial charge in [-0.3, -0.25) is 9.97 Å². The quantitative estimate of drug-likeness (QED) is 0.101. The van der Waals surface area contributed by atoms with Gasteiger partial charge >= 0.3 is 40.8 Å². The van der Waals surface area contributed by atoms with Gasteiger partial charge in [0, 0.05) is 47.8 Å². The second-order valence-electron chi connectivity index (χ2n) is 15.6. The number of pyridine rings is 2. The van der Waals surface area contributed by atoms with Gasteiger partial charge in [-0.1, -0.05) is 89.1 Å². The van der Waals surface area contributed by atoms with E-state index < -0.39 is 0 Å². The molecule has 6 nitrogen and oxygen atoms in total. The summed E-state index contributed by atoms with van der Waals surface area (Å²) in [5, 5.41) is 0. The molecule has 0 atom stereocenters. The molecular formula is C49H43BN4O2Pd2. The molecule has 4 heterocycles. The van der Waals surface area contributed by atoms with E-state index in [1.165, 1.54) is 0 Å². The summed E-state index contributed by atoms with van der Waals surface area (Å²) >= 11 is 0. The summed E-state index contributed by atoms with van der Waals surface area (Å²) in [6.45, 7) is 16.8. The van der Waals surface area contributed by atoms with Gasteiger partial charge in [0.05, 0.1) is 5.72 Å². The first-order chi connectivity index (χ1) is 27.0. The van der Waals surface area contributed by atoms with Crippen LogP contribution in [0, 0.1) is 38.1 Å². The Hall–Kier alpha value is -4.75. The summed E-state index contributed by atoms with van der Waals surface area (Å²) in [7, 11) is 0. The Morgan fingerprint density at radius 2 is 0.914 bits per heavy atom. The van der Waals surface area contributed by atoms with Gasteiger partial charge in [0.1, 0.15) is 0 Å². The number of hydrogen-bond acceptors (Lipinski definition) is 6. The molecule has 0 fully saturated rings. The molecule has 0 amide bonds. The number of aromatic nitrogens is 4. The molecule has 9 heteroatoms. The molecule has 0 unspecified atom stereocenters. The maximum atomic E-state index is 6.58. The van der Waals surface area contributed by atoms with Crippen LogP contribution in [0.4, 0.5) is 0 Å². The van der Waals surface area contributed by atoms with E-state index in [1.807, 2.05) is 61.2 Å². The molecule has 0 aliphatic carbocycles. The van der Waals surface area contributed by atoms with Crippen molar-refractivity contribution in [2.75, 3.05) is 0 Å². The zero-order valence-corrected chi connectivity index (χ0v) is 36.9. The largest absolute Gasteiger partial charge is 2.00 e. The number of ether oxygens (including phenoxy) is 2. The van der Waals surface area contributed by atoms with Crippen molar-refractivity contribution in [1.29, 1.82) is 0 Å². The van der Waals surface area contributed by atoms with Crippen LogP contribution in [-0.2, 0) is 40.8 Å².